The molecule has 4 amide bonds. The number of nitrogens with one attached hydrogen (secondary N) is 4. The van der Waals surface area contributed by atoms with Crippen LogP contribution in [0.2, 0.25) is 0 Å². The Morgan fingerprint density at radius 3 is 1.89 bits per heavy atom. The summed E-state index contributed by atoms with van der Waals surface area (Å²) in [6.07, 6.45) is 7.05. The fourth-order valence-corrected chi connectivity index (χ4v) is 8.97. The minimum atomic E-state index is -0.687. The third-order valence-corrected chi connectivity index (χ3v) is 11.8. The van der Waals surface area contributed by atoms with Gasteiger partial charge in [0.15, 0.2) is 0 Å². The number of alkyl carbamates (subject to hydrolysis) is 1. The summed E-state index contributed by atoms with van der Waals surface area (Å²) in [6, 6.07) is 15.5. The minimum Gasteiger partial charge on any atom is -0.453 e. The number of rotatable bonds is 10. The molecule has 3 aliphatic rings. The Morgan fingerprint density at radius 2 is 1.32 bits per heavy atom. The van der Waals surface area contributed by atoms with Gasteiger partial charge in [-0.2, -0.15) is 0 Å². The van der Waals surface area contributed by atoms with Crippen LogP contribution in [0.1, 0.15) is 83.4 Å². The van der Waals surface area contributed by atoms with E-state index in [1.807, 2.05) is 38.8 Å². The maximum atomic E-state index is 13.9. The number of fused-ring (bicyclic) bond motifs is 2. The van der Waals surface area contributed by atoms with E-state index in [1.54, 1.807) is 6.20 Å². The van der Waals surface area contributed by atoms with Crippen molar-refractivity contribution in [2.75, 3.05) is 20.8 Å². The topological polar surface area (TPSA) is 175 Å². The second kappa shape index (κ2) is 16.2. The molecule has 56 heavy (non-hydrogen) atoms. The lowest BCUT2D eigenvalue weighted by atomic mass is 9.78. The lowest BCUT2D eigenvalue weighted by Gasteiger charge is -2.35. The van der Waals surface area contributed by atoms with Gasteiger partial charge in [-0.25, -0.2) is 30.0 Å². The van der Waals surface area contributed by atoms with Crippen LogP contribution in [-0.2, 0) is 19.1 Å². The molecule has 2 aromatic carbocycles. The summed E-state index contributed by atoms with van der Waals surface area (Å²) in [4.78, 5) is 69.8. The number of carbonyl (C=O) groups excluding carboxylic acids is 4. The van der Waals surface area contributed by atoms with Crippen LogP contribution < -0.4 is 10.7 Å². The van der Waals surface area contributed by atoms with Crippen molar-refractivity contribution in [1.29, 1.82) is 0 Å². The van der Waals surface area contributed by atoms with Gasteiger partial charge in [0.2, 0.25) is 11.8 Å². The molecule has 2 aromatic heterocycles. The van der Waals surface area contributed by atoms with Gasteiger partial charge in [0, 0.05) is 18.5 Å². The van der Waals surface area contributed by atoms with Crippen molar-refractivity contribution in [2.45, 2.75) is 83.8 Å². The summed E-state index contributed by atoms with van der Waals surface area (Å²) in [6.45, 7) is 8.15. The summed E-state index contributed by atoms with van der Waals surface area (Å²) in [5.41, 5.74) is 8.48. The molecular formula is C42H52N8O6. The Labute approximate surface area is 327 Å². The molecule has 7 rings (SSSR count). The molecule has 0 spiro atoms. The van der Waals surface area contributed by atoms with E-state index < -0.39 is 18.2 Å². The molecular weight excluding hydrogens is 713 g/mol. The van der Waals surface area contributed by atoms with Crippen LogP contribution in [0.25, 0.3) is 33.6 Å². The molecule has 3 unspecified atom stereocenters. The lowest BCUT2D eigenvalue weighted by molar-refractivity contribution is -0.143. The monoisotopic (exact) mass is 764 g/mol. The quantitative estimate of drug-likeness (QED) is 0.127. The van der Waals surface area contributed by atoms with Crippen molar-refractivity contribution in [3.05, 3.63) is 72.6 Å². The van der Waals surface area contributed by atoms with Gasteiger partial charge >= 0.3 is 12.2 Å². The van der Waals surface area contributed by atoms with E-state index in [2.05, 4.69) is 74.2 Å². The lowest BCUT2D eigenvalue weighted by Crippen LogP contribution is -2.53. The predicted molar refractivity (Wildman–Crippen MR) is 209 cm³/mol. The highest BCUT2D eigenvalue weighted by Gasteiger charge is 2.54. The molecule has 1 saturated heterocycles. The number of nitrogens with zero attached hydrogens (tertiary/aromatic N) is 4. The minimum absolute atomic E-state index is 0.0494. The van der Waals surface area contributed by atoms with Gasteiger partial charge in [0.25, 0.3) is 0 Å². The van der Waals surface area contributed by atoms with Crippen LogP contribution in [0.15, 0.2) is 60.9 Å². The number of aromatic nitrogens is 4. The highest BCUT2D eigenvalue weighted by Crippen LogP contribution is 2.56. The summed E-state index contributed by atoms with van der Waals surface area (Å²) in [7, 11) is 2.58. The van der Waals surface area contributed by atoms with Crippen LogP contribution in [-0.4, -0.2) is 86.7 Å². The van der Waals surface area contributed by atoms with Gasteiger partial charge in [-0.3, -0.25) is 9.59 Å². The zero-order valence-electron chi connectivity index (χ0n) is 32.9. The number of aromatic amines is 2. The first kappa shape index (κ1) is 38.6. The smallest absolute Gasteiger partial charge is 0.425 e. The van der Waals surface area contributed by atoms with Crippen LogP contribution in [0.5, 0.6) is 0 Å². The van der Waals surface area contributed by atoms with Gasteiger partial charge in [-0.05, 0) is 86.0 Å². The van der Waals surface area contributed by atoms with E-state index in [9.17, 15) is 19.2 Å². The second-order valence-electron chi connectivity index (χ2n) is 15.9. The van der Waals surface area contributed by atoms with Crippen molar-refractivity contribution in [1.82, 2.24) is 40.6 Å². The number of hydrogen-bond donors (Lipinski definition) is 4. The standard InChI is InChI=1S/C42H52N8O6/c1-23(2)36(47-41(53)55-5)40(52)49-19-7-8-33(49)37-43-21-31(45-37)27-13-9-25(10-14-27)26-11-15-28(16-12-26)32-22-44-38(46-32)34-29-17-18-30(20-29)35(34)39(51)50(24(3)4)48-42(54)56-6/h9-16,21-24,29-30,33-36H,7-8,17-20H2,1-6H3,(H,43,45)(H,44,46)(H,47,53)(H,48,54)/t29?,30?,33-,34?,35+,36-/m0/s1. The highest BCUT2D eigenvalue weighted by molar-refractivity contribution is 5.86. The molecule has 2 aliphatic carbocycles. The van der Waals surface area contributed by atoms with Crippen molar-refractivity contribution >= 4 is 24.0 Å². The normalized spacial score (nSPS) is 22.0. The van der Waals surface area contributed by atoms with Gasteiger partial charge in [-0.1, -0.05) is 62.4 Å². The molecule has 4 aromatic rings. The molecule has 2 bridgehead atoms. The van der Waals surface area contributed by atoms with Crippen molar-refractivity contribution in [3.8, 4) is 33.6 Å². The molecule has 6 atom stereocenters. The van der Waals surface area contributed by atoms with Crippen LogP contribution in [0, 0.1) is 23.7 Å². The van der Waals surface area contributed by atoms with E-state index in [0.717, 1.165) is 77.4 Å². The maximum absolute atomic E-state index is 13.9. The Bertz CT molecular complexity index is 2040. The SMILES string of the molecule is COC(=O)N[C@H](C(=O)N1CCC[C@H]1c1ncc(-c2ccc(-c3ccc(-c4cnc(C5C6CCC(C6)[C@H]5C(=O)N(NC(=O)OC)C(C)C)[nH]4)cc3)cc2)[nH]1)C(C)C. The Hall–Kier alpha value is -5.66. The van der Waals surface area contributed by atoms with E-state index >= 15 is 0 Å². The number of amides is 4. The molecule has 0 radical (unpaired) electrons. The summed E-state index contributed by atoms with van der Waals surface area (Å²) in [5.74, 6) is 1.50. The van der Waals surface area contributed by atoms with Gasteiger partial charge < -0.3 is 29.7 Å². The van der Waals surface area contributed by atoms with Gasteiger partial charge in [0.05, 0.1) is 50.0 Å². The third-order valence-electron chi connectivity index (χ3n) is 11.8. The van der Waals surface area contributed by atoms with Gasteiger partial charge in [0.1, 0.15) is 17.7 Å². The van der Waals surface area contributed by atoms with Crippen LogP contribution >= 0.6 is 0 Å². The summed E-state index contributed by atoms with van der Waals surface area (Å²) in [5, 5.41) is 4.11. The third kappa shape index (κ3) is 7.61. The van der Waals surface area contributed by atoms with Crippen molar-refractivity contribution in [2.24, 2.45) is 23.7 Å². The average molecular weight is 765 g/mol. The van der Waals surface area contributed by atoms with E-state index in [-0.39, 0.29) is 47.6 Å². The molecule has 14 heteroatoms. The first-order valence-corrected chi connectivity index (χ1v) is 19.6. The number of hydrogen-bond acceptors (Lipinski definition) is 8. The fourth-order valence-electron chi connectivity index (χ4n) is 8.97. The molecule has 1 aliphatic heterocycles. The van der Waals surface area contributed by atoms with E-state index in [0.29, 0.717) is 12.5 Å². The van der Waals surface area contributed by atoms with Crippen LogP contribution in [0.3, 0.4) is 0 Å². The number of imidazole rings is 2. The van der Waals surface area contributed by atoms with E-state index in [1.165, 1.54) is 19.2 Å². The fraction of sp³-hybridized carbons (Fsp3) is 0.476. The van der Waals surface area contributed by atoms with Crippen molar-refractivity contribution < 1.29 is 28.7 Å². The predicted octanol–water partition coefficient (Wildman–Crippen LogP) is 6.82. The number of benzene rings is 2. The second-order valence-corrected chi connectivity index (χ2v) is 15.9. The Balaban J connectivity index is 1.02. The largest absolute Gasteiger partial charge is 0.453 e. The number of methoxy groups -OCH3 is 2. The molecule has 14 nitrogen and oxygen atoms in total. The molecule has 296 valence electrons. The number of carbonyl (C=O) groups is 4. The number of ether oxygens (including phenoxy) is 2. The Kier molecular flexibility index (Phi) is 11.2. The molecule has 2 saturated carbocycles. The number of hydrazine groups is 1. The Morgan fingerprint density at radius 1 is 0.768 bits per heavy atom. The average Bonchev–Trinajstić information content (AvgIpc) is 4.06. The van der Waals surface area contributed by atoms with E-state index in [4.69, 9.17) is 14.5 Å². The number of H-pyrrole nitrogens is 2. The first-order chi connectivity index (χ1) is 27.0. The molecule has 4 N–H and O–H groups in total. The zero-order chi connectivity index (χ0) is 39.7. The first-order valence-electron chi connectivity index (χ1n) is 19.6. The highest BCUT2D eigenvalue weighted by atomic mass is 16.5. The molecule has 3 fully saturated rings. The van der Waals surface area contributed by atoms with Crippen molar-refractivity contribution in [3.63, 3.8) is 0 Å². The maximum Gasteiger partial charge on any atom is 0.425 e. The number of likely N-dealkylation sites (tertiary alicyclic amines) is 1. The van der Waals surface area contributed by atoms with Crippen LogP contribution in [0.4, 0.5) is 9.59 Å². The zero-order valence-corrected chi connectivity index (χ0v) is 32.9. The molecule has 3 heterocycles. The van der Waals surface area contributed by atoms with Gasteiger partial charge in [-0.15, -0.1) is 0 Å². The summed E-state index contributed by atoms with van der Waals surface area (Å²) < 4.78 is 9.55. The summed E-state index contributed by atoms with van der Waals surface area (Å²) >= 11 is 0.